The molecule has 1 aliphatic heterocycles. The number of likely N-dealkylation sites (tertiary alicyclic amines) is 1. The molecule has 106 valence electrons. The van der Waals surface area contributed by atoms with Crippen LogP contribution in [0.1, 0.15) is 12.8 Å². The van der Waals surface area contributed by atoms with Gasteiger partial charge in [0, 0.05) is 19.1 Å². The molecule has 1 heterocycles. The third kappa shape index (κ3) is 4.27. The highest BCUT2D eigenvalue weighted by atomic mass is 35.5. The third-order valence-corrected chi connectivity index (χ3v) is 3.59. The van der Waals surface area contributed by atoms with Crippen molar-refractivity contribution < 1.29 is 4.79 Å². The average Bonchev–Trinajstić information content (AvgIpc) is 2.41. The van der Waals surface area contributed by atoms with Crippen molar-refractivity contribution in [2.75, 3.05) is 25.0 Å². The molecule has 2 rings (SSSR count). The van der Waals surface area contributed by atoms with Crippen LogP contribution in [0.15, 0.2) is 24.3 Å². The maximum Gasteiger partial charge on any atom is 0.236 e. The van der Waals surface area contributed by atoms with Crippen LogP contribution < -0.4 is 11.1 Å². The number of nitrogens with zero attached hydrogens (tertiary/aromatic N) is 1. The first-order valence-electron chi connectivity index (χ1n) is 6.19. The second-order valence-corrected chi connectivity index (χ2v) is 4.89. The third-order valence-electron chi connectivity index (χ3n) is 3.26. The Morgan fingerprint density at radius 3 is 2.58 bits per heavy atom. The van der Waals surface area contributed by atoms with Gasteiger partial charge in [-0.05, 0) is 25.0 Å². The van der Waals surface area contributed by atoms with Gasteiger partial charge >= 0.3 is 0 Å². The summed E-state index contributed by atoms with van der Waals surface area (Å²) in [6, 6.07) is 8.08. The number of hydrogen-bond donors (Lipinski definition) is 2. The predicted molar refractivity (Wildman–Crippen MR) is 81.0 cm³/mol. The number of nitrogens with one attached hydrogen (secondary N) is 1. The highest BCUT2D eigenvalue weighted by Crippen LogP contribution is 2.23. The van der Waals surface area contributed by atoms with E-state index in [2.05, 4.69) is 5.32 Å². The van der Waals surface area contributed by atoms with E-state index in [-0.39, 0.29) is 24.9 Å². The van der Waals surface area contributed by atoms with Crippen LogP contribution in [0.5, 0.6) is 0 Å². The minimum absolute atomic E-state index is 0. The van der Waals surface area contributed by atoms with E-state index in [4.69, 9.17) is 17.3 Å². The van der Waals surface area contributed by atoms with Crippen molar-refractivity contribution >= 4 is 35.6 Å². The molecule has 0 bridgehead atoms. The summed E-state index contributed by atoms with van der Waals surface area (Å²) in [5.41, 5.74) is 6.32. The summed E-state index contributed by atoms with van der Waals surface area (Å²) in [6.07, 6.45) is 1.86. The van der Waals surface area contributed by atoms with Gasteiger partial charge in [-0.2, -0.15) is 0 Å². The molecule has 4 nitrogen and oxygen atoms in total. The average molecular weight is 304 g/mol. The molecule has 19 heavy (non-hydrogen) atoms. The van der Waals surface area contributed by atoms with Crippen LogP contribution in [-0.2, 0) is 4.79 Å². The van der Waals surface area contributed by atoms with E-state index in [1.807, 2.05) is 29.2 Å². The zero-order chi connectivity index (χ0) is 13.0. The summed E-state index contributed by atoms with van der Waals surface area (Å²) < 4.78 is 0. The van der Waals surface area contributed by atoms with Crippen LogP contribution in [0.3, 0.4) is 0 Å². The Morgan fingerprint density at radius 1 is 1.37 bits per heavy atom. The summed E-state index contributed by atoms with van der Waals surface area (Å²) >= 11 is 6.10. The van der Waals surface area contributed by atoms with Crippen LogP contribution in [-0.4, -0.2) is 36.5 Å². The lowest BCUT2D eigenvalue weighted by Crippen LogP contribution is -2.44. The normalized spacial score (nSPS) is 15.8. The molecule has 1 aromatic rings. The number of piperidine rings is 1. The quantitative estimate of drug-likeness (QED) is 0.899. The molecule has 1 aliphatic rings. The van der Waals surface area contributed by atoms with E-state index in [1.165, 1.54) is 0 Å². The first kappa shape index (κ1) is 16.1. The SMILES string of the molecule is Cl.NCC(=O)N1CCC(Nc2ccccc2Cl)CC1. The van der Waals surface area contributed by atoms with Gasteiger partial charge in [0.25, 0.3) is 0 Å². The Morgan fingerprint density at radius 2 is 2.00 bits per heavy atom. The Kier molecular flexibility index (Phi) is 6.42. The Balaban J connectivity index is 0.00000180. The van der Waals surface area contributed by atoms with Crippen LogP contribution >= 0.6 is 24.0 Å². The number of amides is 1. The zero-order valence-corrected chi connectivity index (χ0v) is 12.2. The Bertz CT molecular complexity index is 420. The molecule has 0 unspecified atom stereocenters. The number of nitrogens with two attached hydrogens (primary N) is 1. The number of benzene rings is 1. The molecule has 1 amide bonds. The van der Waals surface area contributed by atoms with Gasteiger partial charge in [-0.25, -0.2) is 0 Å². The first-order valence-corrected chi connectivity index (χ1v) is 6.57. The summed E-state index contributed by atoms with van der Waals surface area (Å²) in [5, 5.41) is 4.16. The lowest BCUT2D eigenvalue weighted by atomic mass is 10.0. The van der Waals surface area contributed by atoms with E-state index < -0.39 is 0 Å². The van der Waals surface area contributed by atoms with Gasteiger partial charge in [0.2, 0.25) is 5.91 Å². The number of carbonyl (C=O) groups excluding carboxylic acids is 1. The number of para-hydroxylation sites is 1. The van der Waals surface area contributed by atoms with E-state index >= 15 is 0 Å². The van der Waals surface area contributed by atoms with Gasteiger partial charge in [0.15, 0.2) is 0 Å². The molecule has 0 spiro atoms. The molecule has 1 aromatic carbocycles. The number of carbonyl (C=O) groups is 1. The minimum Gasteiger partial charge on any atom is -0.381 e. The van der Waals surface area contributed by atoms with Crippen LogP contribution in [0.25, 0.3) is 0 Å². The zero-order valence-electron chi connectivity index (χ0n) is 10.6. The maximum absolute atomic E-state index is 11.4. The van der Waals surface area contributed by atoms with Crippen LogP contribution in [0.4, 0.5) is 5.69 Å². The topological polar surface area (TPSA) is 58.4 Å². The highest BCUT2D eigenvalue weighted by Gasteiger charge is 2.21. The van der Waals surface area contributed by atoms with E-state index in [1.54, 1.807) is 0 Å². The van der Waals surface area contributed by atoms with Gasteiger partial charge in [-0.15, -0.1) is 12.4 Å². The second kappa shape index (κ2) is 7.58. The van der Waals surface area contributed by atoms with Gasteiger partial charge in [0.1, 0.15) is 0 Å². The fourth-order valence-corrected chi connectivity index (χ4v) is 2.39. The maximum atomic E-state index is 11.4. The van der Waals surface area contributed by atoms with E-state index in [0.717, 1.165) is 36.6 Å². The molecule has 0 atom stereocenters. The molecular formula is C13H19Cl2N3O. The van der Waals surface area contributed by atoms with Crippen molar-refractivity contribution in [3.8, 4) is 0 Å². The van der Waals surface area contributed by atoms with Crippen LogP contribution in [0, 0.1) is 0 Å². The number of hydrogen-bond acceptors (Lipinski definition) is 3. The van der Waals surface area contributed by atoms with E-state index in [9.17, 15) is 4.79 Å². The summed E-state index contributed by atoms with van der Waals surface area (Å²) in [5.74, 6) is 0.0335. The van der Waals surface area contributed by atoms with Crippen molar-refractivity contribution in [2.45, 2.75) is 18.9 Å². The lowest BCUT2D eigenvalue weighted by molar-refractivity contribution is -0.130. The molecule has 1 saturated heterocycles. The molecular weight excluding hydrogens is 285 g/mol. The molecule has 0 aromatic heterocycles. The second-order valence-electron chi connectivity index (χ2n) is 4.48. The van der Waals surface area contributed by atoms with Gasteiger partial charge < -0.3 is 16.0 Å². The van der Waals surface area contributed by atoms with Crippen molar-refractivity contribution in [1.82, 2.24) is 4.90 Å². The first-order chi connectivity index (χ1) is 8.70. The van der Waals surface area contributed by atoms with Gasteiger partial charge in [-0.1, -0.05) is 23.7 Å². The number of halogens is 2. The van der Waals surface area contributed by atoms with Crippen molar-refractivity contribution in [3.63, 3.8) is 0 Å². The molecule has 6 heteroatoms. The minimum atomic E-state index is 0. The Labute approximate surface area is 124 Å². The smallest absolute Gasteiger partial charge is 0.236 e. The van der Waals surface area contributed by atoms with Gasteiger partial charge in [-0.3, -0.25) is 4.79 Å². The standard InChI is InChI=1S/C13H18ClN3O.ClH/c14-11-3-1-2-4-12(11)16-10-5-7-17(8-6-10)13(18)9-15;/h1-4,10,16H,5-9,15H2;1H. The Hall–Kier alpha value is -0.970. The fraction of sp³-hybridized carbons (Fsp3) is 0.462. The van der Waals surface area contributed by atoms with Gasteiger partial charge in [0.05, 0.1) is 17.3 Å². The van der Waals surface area contributed by atoms with Crippen LogP contribution in [0.2, 0.25) is 5.02 Å². The van der Waals surface area contributed by atoms with Crippen molar-refractivity contribution in [3.05, 3.63) is 29.3 Å². The summed E-state index contributed by atoms with van der Waals surface area (Å²) in [6.45, 7) is 1.62. The molecule has 0 saturated carbocycles. The predicted octanol–water partition coefficient (Wildman–Crippen LogP) is 2.12. The fourth-order valence-electron chi connectivity index (χ4n) is 2.20. The molecule has 1 fully saturated rings. The largest absolute Gasteiger partial charge is 0.381 e. The van der Waals surface area contributed by atoms with Crippen molar-refractivity contribution in [2.24, 2.45) is 5.73 Å². The number of rotatable bonds is 3. The number of anilines is 1. The molecule has 0 aliphatic carbocycles. The molecule has 3 N–H and O–H groups in total. The molecule has 0 radical (unpaired) electrons. The van der Waals surface area contributed by atoms with Crippen molar-refractivity contribution in [1.29, 1.82) is 0 Å². The van der Waals surface area contributed by atoms with E-state index in [0.29, 0.717) is 6.04 Å². The summed E-state index contributed by atoms with van der Waals surface area (Å²) in [4.78, 5) is 13.3. The summed E-state index contributed by atoms with van der Waals surface area (Å²) in [7, 11) is 0. The monoisotopic (exact) mass is 303 g/mol. The highest BCUT2D eigenvalue weighted by molar-refractivity contribution is 6.33. The lowest BCUT2D eigenvalue weighted by Gasteiger charge is -2.32.